The lowest BCUT2D eigenvalue weighted by atomic mass is 9.91. The number of ether oxygens (including phenoxy) is 2. The van der Waals surface area contributed by atoms with Crippen LogP contribution in [0.25, 0.3) is 10.9 Å². The minimum absolute atomic E-state index is 0.00395. The van der Waals surface area contributed by atoms with Gasteiger partial charge in [0, 0.05) is 41.0 Å². The van der Waals surface area contributed by atoms with Crippen molar-refractivity contribution in [2.45, 2.75) is 45.4 Å². The number of nitrogens with one attached hydrogen (secondary N) is 4. The summed E-state index contributed by atoms with van der Waals surface area (Å²) < 4.78 is 10.9. The first-order chi connectivity index (χ1) is 29.1. The highest BCUT2D eigenvalue weighted by atomic mass is 16.5. The summed E-state index contributed by atoms with van der Waals surface area (Å²) in [6.45, 7) is 3.47. The summed E-state index contributed by atoms with van der Waals surface area (Å²) in [5, 5.41) is 23.4. The van der Waals surface area contributed by atoms with E-state index in [-0.39, 0.29) is 30.1 Å². The zero-order chi connectivity index (χ0) is 42.0. The summed E-state index contributed by atoms with van der Waals surface area (Å²) >= 11 is 0. The van der Waals surface area contributed by atoms with Gasteiger partial charge < -0.3 is 41.6 Å². The van der Waals surface area contributed by atoms with Crippen LogP contribution in [0.4, 0.5) is 22.7 Å². The van der Waals surface area contributed by atoms with Crippen molar-refractivity contribution >= 4 is 51.4 Å². The van der Waals surface area contributed by atoms with Crippen molar-refractivity contribution < 1.29 is 29.0 Å². The van der Waals surface area contributed by atoms with E-state index in [9.17, 15) is 19.5 Å². The standard InChI is InChI=1S/C48H48N6O6/c1-30-24-33(26-39-43(30)51-28-40(47(49)57)44(39)52-37-11-7-12-38(27-37)59-2)14-13-32-9-6-10-35(25-32)48(58)53-36-18-15-31(16-19-36)8-4-3-5-22-50-23-21-34-17-20-41(55)45-46(34)60-29-42(56)54-45/h6-7,9,11-12,15-20,24-28,35,50,55H,3,5,10,13-14,21-23,29H2,1-2H3,(H2,49,57)(H,51,52)(H,53,58)(H,54,56). The van der Waals surface area contributed by atoms with Gasteiger partial charge in [-0.05, 0) is 117 Å². The molecule has 1 aliphatic carbocycles. The maximum atomic E-state index is 13.4. The molecule has 306 valence electrons. The second kappa shape index (κ2) is 19.1. The van der Waals surface area contributed by atoms with Crippen molar-refractivity contribution in [3.05, 3.63) is 131 Å². The van der Waals surface area contributed by atoms with E-state index in [0.717, 1.165) is 88.9 Å². The summed E-state index contributed by atoms with van der Waals surface area (Å²) in [5.74, 6) is 6.43. The number of rotatable bonds is 15. The van der Waals surface area contributed by atoms with Crippen molar-refractivity contribution in [3.8, 4) is 29.1 Å². The number of pyridine rings is 1. The van der Waals surface area contributed by atoms with E-state index in [1.165, 1.54) is 6.20 Å². The van der Waals surface area contributed by atoms with Gasteiger partial charge in [0.15, 0.2) is 12.4 Å². The highest BCUT2D eigenvalue weighted by Gasteiger charge is 2.23. The Morgan fingerprint density at radius 3 is 2.70 bits per heavy atom. The van der Waals surface area contributed by atoms with Gasteiger partial charge in [-0.2, -0.15) is 0 Å². The van der Waals surface area contributed by atoms with Crippen LogP contribution in [0.3, 0.4) is 0 Å². The number of hydrogen-bond acceptors (Lipinski definition) is 9. The number of amides is 3. The number of primary amides is 1. The molecule has 0 bridgehead atoms. The number of phenolic OH excluding ortho intramolecular Hbond substituents is 1. The number of anilines is 4. The first-order valence-electron chi connectivity index (χ1n) is 20.0. The van der Waals surface area contributed by atoms with Crippen LogP contribution in [0.5, 0.6) is 17.2 Å². The summed E-state index contributed by atoms with van der Waals surface area (Å²) in [6.07, 6.45) is 12.1. The van der Waals surface area contributed by atoms with Gasteiger partial charge in [0.25, 0.3) is 11.8 Å². The monoisotopic (exact) mass is 804 g/mol. The number of carbonyl (C=O) groups is 3. The number of methoxy groups -OCH3 is 1. The zero-order valence-electron chi connectivity index (χ0n) is 33.7. The lowest BCUT2D eigenvalue weighted by Crippen LogP contribution is -2.26. The highest BCUT2D eigenvalue weighted by molar-refractivity contribution is 6.08. The number of unbranched alkanes of at least 4 members (excludes halogenated alkanes) is 1. The number of nitrogens with zero attached hydrogens (tertiary/aromatic N) is 1. The van der Waals surface area contributed by atoms with Crippen LogP contribution in [0.1, 0.15) is 58.3 Å². The molecule has 0 fully saturated rings. The molecule has 60 heavy (non-hydrogen) atoms. The number of nitrogens with two attached hydrogens (primary N) is 1. The lowest BCUT2D eigenvalue weighted by Gasteiger charge is -2.21. The molecule has 0 spiro atoms. The predicted molar refractivity (Wildman–Crippen MR) is 235 cm³/mol. The molecule has 2 aliphatic rings. The number of benzene rings is 4. The third-order valence-electron chi connectivity index (χ3n) is 10.4. The third kappa shape index (κ3) is 10.1. The molecule has 4 aromatic carbocycles. The van der Waals surface area contributed by atoms with E-state index < -0.39 is 5.91 Å². The molecule has 3 amide bonds. The van der Waals surface area contributed by atoms with E-state index in [0.29, 0.717) is 41.3 Å². The molecule has 7 rings (SSSR count). The highest BCUT2D eigenvalue weighted by Crippen LogP contribution is 2.39. The number of fused-ring (bicyclic) bond motifs is 2. The molecule has 2 heterocycles. The molecule has 12 nitrogen and oxygen atoms in total. The van der Waals surface area contributed by atoms with Crippen LogP contribution in [0.2, 0.25) is 0 Å². The minimum atomic E-state index is -0.573. The van der Waals surface area contributed by atoms with Crippen molar-refractivity contribution in [2.75, 3.05) is 42.8 Å². The largest absolute Gasteiger partial charge is 0.506 e. The first-order valence-corrected chi connectivity index (χ1v) is 20.0. The van der Waals surface area contributed by atoms with E-state index in [2.05, 4.69) is 68.5 Å². The van der Waals surface area contributed by atoms with E-state index in [1.54, 1.807) is 13.2 Å². The van der Waals surface area contributed by atoms with Gasteiger partial charge in [-0.1, -0.05) is 53.8 Å². The maximum Gasteiger partial charge on any atom is 0.262 e. The number of aromatic nitrogens is 1. The third-order valence-corrected chi connectivity index (χ3v) is 10.4. The van der Waals surface area contributed by atoms with E-state index in [4.69, 9.17) is 15.2 Å². The van der Waals surface area contributed by atoms with Gasteiger partial charge in [0.05, 0.1) is 29.8 Å². The molecule has 1 unspecified atom stereocenters. The van der Waals surface area contributed by atoms with Crippen LogP contribution < -0.4 is 36.5 Å². The van der Waals surface area contributed by atoms with E-state index >= 15 is 0 Å². The average molecular weight is 805 g/mol. The maximum absolute atomic E-state index is 13.4. The molecule has 0 saturated carbocycles. The Kier molecular flexibility index (Phi) is 13.1. The Bertz CT molecular complexity index is 2550. The molecule has 0 radical (unpaired) electrons. The second-order valence-corrected chi connectivity index (χ2v) is 14.8. The van der Waals surface area contributed by atoms with Gasteiger partial charge in [-0.15, -0.1) is 0 Å². The Morgan fingerprint density at radius 2 is 1.88 bits per heavy atom. The Labute approximate surface area is 349 Å². The molecule has 12 heteroatoms. The molecule has 1 atom stereocenters. The van der Waals surface area contributed by atoms with Gasteiger partial charge in [-0.3, -0.25) is 19.4 Å². The van der Waals surface area contributed by atoms with Crippen molar-refractivity contribution in [2.24, 2.45) is 11.7 Å². The fourth-order valence-corrected chi connectivity index (χ4v) is 7.35. The smallest absolute Gasteiger partial charge is 0.262 e. The number of hydrogen-bond donors (Lipinski definition) is 6. The zero-order valence-corrected chi connectivity index (χ0v) is 33.7. The van der Waals surface area contributed by atoms with Crippen molar-refractivity contribution in [1.29, 1.82) is 0 Å². The fraction of sp³-hybridized carbons (Fsp3) is 0.250. The van der Waals surface area contributed by atoms with Gasteiger partial charge in [0.1, 0.15) is 17.2 Å². The molecular weight excluding hydrogens is 757 g/mol. The van der Waals surface area contributed by atoms with Crippen molar-refractivity contribution in [1.82, 2.24) is 10.3 Å². The molecular formula is C48H48N6O6. The number of aromatic hydroxyl groups is 1. The first kappa shape index (κ1) is 41.1. The summed E-state index contributed by atoms with van der Waals surface area (Å²) in [4.78, 5) is 42.1. The Balaban J connectivity index is 0.890. The molecule has 1 aromatic heterocycles. The summed E-state index contributed by atoms with van der Waals surface area (Å²) in [6, 6.07) is 22.6. The number of allylic oxidation sites excluding steroid dienone is 3. The number of phenols is 1. The van der Waals surface area contributed by atoms with Crippen molar-refractivity contribution in [3.63, 3.8) is 0 Å². The SMILES string of the molecule is COc1cccc(Nc2c(C(N)=O)cnc3c(C)cc(CCC4=CC(C(=O)Nc5ccc(C#CCCCNCCc6ccc(O)c7c6OCC(=O)N7)cc5)CC=C4)cc23)c1. The number of carbonyl (C=O) groups excluding carboxylic acids is 3. The Morgan fingerprint density at radius 1 is 1.03 bits per heavy atom. The van der Waals surface area contributed by atoms with Crippen LogP contribution in [-0.4, -0.2) is 54.6 Å². The minimum Gasteiger partial charge on any atom is -0.506 e. The molecule has 7 N–H and O–H groups in total. The Hall–Kier alpha value is -7.10. The fourth-order valence-electron chi connectivity index (χ4n) is 7.35. The van der Waals surface area contributed by atoms with Gasteiger partial charge >= 0.3 is 0 Å². The normalized spacial score (nSPS) is 14.2. The quantitative estimate of drug-likeness (QED) is 0.0356. The average Bonchev–Trinajstić information content (AvgIpc) is 3.25. The summed E-state index contributed by atoms with van der Waals surface area (Å²) in [7, 11) is 1.61. The van der Waals surface area contributed by atoms with E-state index in [1.807, 2.05) is 61.5 Å². The molecule has 1 aliphatic heterocycles. The second-order valence-electron chi connectivity index (χ2n) is 14.8. The summed E-state index contributed by atoms with van der Waals surface area (Å²) in [5.41, 5.74) is 14.2. The predicted octanol–water partition coefficient (Wildman–Crippen LogP) is 7.47. The molecule has 5 aromatic rings. The van der Waals surface area contributed by atoms with Gasteiger partial charge in [0.2, 0.25) is 5.91 Å². The lowest BCUT2D eigenvalue weighted by molar-refractivity contribution is -0.119. The number of aryl methyl sites for hydroxylation is 2. The topological polar surface area (TPSA) is 177 Å². The van der Waals surface area contributed by atoms with Gasteiger partial charge in [-0.25, -0.2) is 0 Å². The van der Waals surface area contributed by atoms with Crippen LogP contribution in [0, 0.1) is 24.7 Å². The van der Waals surface area contributed by atoms with Crippen LogP contribution in [0.15, 0.2) is 103 Å². The van der Waals surface area contributed by atoms with Crippen LogP contribution in [-0.2, 0) is 22.4 Å². The molecule has 0 saturated heterocycles. The van der Waals surface area contributed by atoms with Crippen LogP contribution >= 0.6 is 0 Å².